The molecular formula is C13H18N2O4. The topological polar surface area (TPSA) is 87.7 Å². The molecule has 104 valence electrons. The van der Waals surface area contributed by atoms with Crippen molar-refractivity contribution in [2.45, 2.75) is 25.9 Å². The van der Waals surface area contributed by atoms with Gasteiger partial charge < -0.3 is 20.5 Å². The fourth-order valence-corrected chi connectivity index (χ4v) is 1.41. The van der Waals surface area contributed by atoms with Crippen LogP contribution in [0.1, 0.15) is 19.4 Å². The van der Waals surface area contributed by atoms with Gasteiger partial charge in [-0.1, -0.05) is 18.2 Å². The summed E-state index contributed by atoms with van der Waals surface area (Å²) in [5, 5.41) is 13.9. The summed E-state index contributed by atoms with van der Waals surface area (Å²) in [5.41, 5.74) is -0.501. The summed E-state index contributed by atoms with van der Waals surface area (Å²) in [4.78, 5) is 22.5. The van der Waals surface area contributed by atoms with Gasteiger partial charge in [-0.25, -0.2) is 9.59 Å². The van der Waals surface area contributed by atoms with Gasteiger partial charge in [-0.2, -0.15) is 0 Å². The van der Waals surface area contributed by atoms with Crippen LogP contribution in [-0.4, -0.2) is 29.8 Å². The first kappa shape index (κ1) is 14.8. The molecular weight excluding hydrogens is 248 g/mol. The van der Waals surface area contributed by atoms with Crippen LogP contribution in [0.2, 0.25) is 0 Å². The van der Waals surface area contributed by atoms with Crippen molar-refractivity contribution in [1.29, 1.82) is 0 Å². The Labute approximate surface area is 111 Å². The molecule has 0 saturated heterocycles. The number of hydrogen-bond donors (Lipinski definition) is 3. The summed E-state index contributed by atoms with van der Waals surface area (Å²) in [7, 11) is 1.55. The van der Waals surface area contributed by atoms with Crippen LogP contribution in [-0.2, 0) is 11.3 Å². The Morgan fingerprint density at radius 2 is 1.95 bits per heavy atom. The van der Waals surface area contributed by atoms with Gasteiger partial charge in [-0.3, -0.25) is 0 Å². The summed E-state index contributed by atoms with van der Waals surface area (Å²) >= 11 is 0. The average Bonchev–Trinajstić information content (AvgIpc) is 2.36. The highest BCUT2D eigenvalue weighted by atomic mass is 16.5. The number of hydrogen-bond acceptors (Lipinski definition) is 3. The van der Waals surface area contributed by atoms with Crippen LogP contribution in [0.5, 0.6) is 5.75 Å². The number of amides is 2. The van der Waals surface area contributed by atoms with E-state index in [-0.39, 0.29) is 6.54 Å². The lowest BCUT2D eigenvalue weighted by molar-refractivity contribution is -0.142. The highest BCUT2D eigenvalue weighted by Crippen LogP contribution is 2.16. The minimum absolute atomic E-state index is 0.256. The van der Waals surface area contributed by atoms with Crippen LogP contribution >= 0.6 is 0 Å². The van der Waals surface area contributed by atoms with E-state index in [1.807, 2.05) is 18.2 Å². The van der Waals surface area contributed by atoms with Crippen molar-refractivity contribution >= 4 is 12.0 Å². The van der Waals surface area contributed by atoms with Crippen molar-refractivity contribution in [1.82, 2.24) is 10.6 Å². The van der Waals surface area contributed by atoms with E-state index in [4.69, 9.17) is 9.84 Å². The maximum atomic E-state index is 11.6. The van der Waals surface area contributed by atoms with Gasteiger partial charge in [0.15, 0.2) is 0 Å². The van der Waals surface area contributed by atoms with Gasteiger partial charge >= 0.3 is 12.0 Å². The quantitative estimate of drug-likeness (QED) is 0.751. The van der Waals surface area contributed by atoms with E-state index < -0.39 is 17.5 Å². The number of carboxylic acids is 1. The molecule has 0 fully saturated rings. The van der Waals surface area contributed by atoms with Crippen molar-refractivity contribution in [3.63, 3.8) is 0 Å². The normalized spacial score (nSPS) is 10.7. The molecule has 0 aliphatic carbocycles. The van der Waals surface area contributed by atoms with Crippen LogP contribution in [0.4, 0.5) is 4.79 Å². The second-order valence-corrected chi connectivity index (χ2v) is 4.55. The number of aliphatic carboxylic acids is 1. The first-order valence-corrected chi connectivity index (χ1v) is 5.78. The van der Waals surface area contributed by atoms with E-state index in [0.717, 1.165) is 5.56 Å². The fourth-order valence-electron chi connectivity index (χ4n) is 1.41. The third-order valence-electron chi connectivity index (χ3n) is 2.59. The molecule has 0 aliphatic heterocycles. The van der Waals surface area contributed by atoms with Crippen molar-refractivity contribution in [2.24, 2.45) is 0 Å². The third kappa shape index (κ3) is 4.17. The van der Waals surface area contributed by atoms with Gasteiger partial charge in [0.2, 0.25) is 0 Å². The Kier molecular flexibility index (Phi) is 4.74. The lowest BCUT2D eigenvalue weighted by Crippen LogP contribution is -2.52. The number of methoxy groups -OCH3 is 1. The van der Waals surface area contributed by atoms with E-state index in [1.54, 1.807) is 13.2 Å². The lowest BCUT2D eigenvalue weighted by Gasteiger charge is -2.21. The molecule has 0 unspecified atom stereocenters. The van der Waals surface area contributed by atoms with Crippen LogP contribution < -0.4 is 15.4 Å². The first-order valence-electron chi connectivity index (χ1n) is 5.78. The van der Waals surface area contributed by atoms with Gasteiger partial charge in [0, 0.05) is 12.1 Å². The number of urea groups is 1. The molecule has 19 heavy (non-hydrogen) atoms. The molecule has 6 heteroatoms. The Balaban J connectivity index is 2.58. The largest absolute Gasteiger partial charge is 0.496 e. The Morgan fingerprint density at radius 1 is 1.32 bits per heavy atom. The number of carbonyl (C=O) groups excluding carboxylic acids is 1. The van der Waals surface area contributed by atoms with Crippen molar-refractivity contribution < 1.29 is 19.4 Å². The maximum Gasteiger partial charge on any atom is 0.328 e. The van der Waals surface area contributed by atoms with Crippen LogP contribution in [0.25, 0.3) is 0 Å². The fraction of sp³-hybridized carbons (Fsp3) is 0.385. The molecule has 1 rings (SSSR count). The molecule has 1 aromatic carbocycles. The number of carbonyl (C=O) groups is 2. The molecule has 1 aromatic rings. The van der Waals surface area contributed by atoms with Crippen LogP contribution in [0.15, 0.2) is 24.3 Å². The highest BCUT2D eigenvalue weighted by molar-refractivity contribution is 5.85. The van der Waals surface area contributed by atoms with Gasteiger partial charge in [0.25, 0.3) is 0 Å². The van der Waals surface area contributed by atoms with Crippen LogP contribution in [0, 0.1) is 0 Å². The molecule has 2 amide bonds. The third-order valence-corrected chi connectivity index (χ3v) is 2.59. The summed E-state index contributed by atoms with van der Waals surface area (Å²) < 4.78 is 5.15. The van der Waals surface area contributed by atoms with Gasteiger partial charge in [0.05, 0.1) is 7.11 Å². The number of para-hydroxylation sites is 1. The zero-order valence-corrected chi connectivity index (χ0v) is 11.2. The average molecular weight is 266 g/mol. The second-order valence-electron chi connectivity index (χ2n) is 4.55. The Bertz CT molecular complexity index is 471. The molecule has 6 nitrogen and oxygen atoms in total. The SMILES string of the molecule is COc1ccccc1CNC(=O)NC(C)(C)C(=O)O. The molecule has 0 aliphatic rings. The molecule has 0 aromatic heterocycles. The zero-order valence-electron chi connectivity index (χ0n) is 11.2. The van der Waals surface area contributed by atoms with Gasteiger partial charge in [-0.05, 0) is 19.9 Å². The van der Waals surface area contributed by atoms with Gasteiger partial charge in [-0.15, -0.1) is 0 Å². The van der Waals surface area contributed by atoms with Crippen molar-refractivity contribution in [3.8, 4) is 5.75 Å². The molecule has 0 saturated carbocycles. The number of benzene rings is 1. The standard InChI is InChI=1S/C13H18N2O4/c1-13(2,11(16)17)15-12(18)14-8-9-6-4-5-7-10(9)19-3/h4-7H,8H2,1-3H3,(H,16,17)(H2,14,15,18). The summed E-state index contributed by atoms with van der Waals surface area (Å²) in [6, 6.07) is 6.73. The second kappa shape index (κ2) is 6.08. The predicted octanol–water partition coefficient (Wildman–Crippen LogP) is 1.36. The number of ether oxygens (including phenoxy) is 1. The molecule has 0 heterocycles. The van der Waals surface area contributed by atoms with E-state index >= 15 is 0 Å². The number of rotatable bonds is 5. The van der Waals surface area contributed by atoms with Crippen molar-refractivity contribution in [3.05, 3.63) is 29.8 Å². The molecule has 0 radical (unpaired) electrons. The Hall–Kier alpha value is -2.24. The number of carboxylic acid groups (broad SMARTS) is 1. The minimum Gasteiger partial charge on any atom is -0.496 e. The predicted molar refractivity (Wildman–Crippen MR) is 70.1 cm³/mol. The van der Waals surface area contributed by atoms with Crippen LogP contribution in [0.3, 0.4) is 0 Å². The molecule has 3 N–H and O–H groups in total. The smallest absolute Gasteiger partial charge is 0.328 e. The highest BCUT2D eigenvalue weighted by Gasteiger charge is 2.28. The summed E-state index contributed by atoms with van der Waals surface area (Å²) in [6.45, 7) is 3.08. The monoisotopic (exact) mass is 266 g/mol. The zero-order chi connectivity index (χ0) is 14.5. The number of nitrogens with one attached hydrogen (secondary N) is 2. The maximum absolute atomic E-state index is 11.6. The van der Waals surface area contributed by atoms with E-state index in [1.165, 1.54) is 13.8 Å². The first-order chi connectivity index (χ1) is 8.86. The molecule has 0 bridgehead atoms. The minimum atomic E-state index is -1.31. The van der Waals surface area contributed by atoms with Gasteiger partial charge in [0.1, 0.15) is 11.3 Å². The van der Waals surface area contributed by atoms with Crippen molar-refractivity contribution in [2.75, 3.05) is 7.11 Å². The summed E-state index contributed by atoms with van der Waals surface area (Å²) in [5.74, 6) is -0.430. The lowest BCUT2D eigenvalue weighted by atomic mass is 10.1. The summed E-state index contributed by atoms with van der Waals surface area (Å²) in [6.07, 6.45) is 0. The van der Waals surface area contributed by atoms with E-state index in [0.29, 0.717) is 5.75 Å². The molecule has 0 spiro atoms. The Morgan fingerprint density at radius 3 is 2.53 bits per heavy atom. The van der Waals surface area contributed by atoms with E-state index in [9.17, 15) is 9.59 Å². The van der Waals surface area contributed by atoms with E-state index in [2.05, 4.69) is 10.6 Å². The molecule has 0 atom stereocenters.